The minimum Gasteiger partial charge on any atom is -0.358 e. The van der Waals surface area contributed by atoms with Crippen LogP contribution in [0.25, 0.3) is 0 Å². The van der Waals surface area contributed by atoms with Crippen LogP contribution in [0.2, 0.25) is 0 Å². The van der Waals surface area contributed by atoms with Crippen molar-refractivity contribution in [2.75, 3.05) is 11.9 Å². The smallest absolute Gasteiger partial charge is 0.130 e. The number of hydrogen-bond donors (Lipinski definition) is 0. The molecule has 3 atom stereocenters. The Morgan fingerprint density at radius 3 is 2.52 bits per heavy atom. The van der Waals surface area contributed by atoms with E-state index in [9.17, 15) is 5.26 Å². The number of benzene rings is 2. The van der Waals surface area contributed by atoms with Crippen molar-refractivity contribution in [2.45, 2.75) is 24.8 Å². The molecule has 0 radical (unpaired) electrons. The molecule has 1 heterocycles. The van der Waals surface area contributed by atoms with Gasteiger partial charge in [-0.3, -0.25) is 0 Å². The molecule has 4 rings (SSSR count). The number of nitrogens with zero attached hydrogens (tertiary/aromatic N) is 2. The van der Waals surface area contributed by atoms with Crippen LogP contribution in [-0.2, 0) is 11.8 Å². The van der Waals surface area contributed by atoms with Crippen molar-refractivity contribution in [3.63, 3.8) is 0 Å². The lowest BCUT2D eigenvalue weighted by Gasteiger charge is -2.35. The van der Waals surface area contributed by atoms with E-state index in [1.165, 1.54) is 22.4 Å². The van der Waals surface area contributed by atoms with Crippen molar-refractivity contribution in [2.24, 2.45) is 5.92 Å². The number of nitriles is 1. The minimum absolute atomic E-state index is 0.131. The lowest BCUT2D eigenvalue weighted by molar-refractivity contribution is 0.363. The fraction of sp³-hybridized carbons (Fsp3) is 0.316. The summed E-state index contributed by atoms with van der Waals surface area (Å²) in [7, 11) is 2.05. The Bertz CT molecular complexity index is 758. The van der Waals surface area contributed by atoms with E-state index >= 15 is 0 Å². The Morgan fingerprint density at radius 2 is 1.76 bits per heavy atom. The van der Waals surface area contributed by atoms with E-state index in [-0.39, 0.29) is 11.5 Å². The first kappa shape index (κ1) is 12.5. The van der Waals surface area contributed by atoms with E-state index in [0.717, 1.165) is 6.42 Å². The fourth-order valence-corrected chi connectivity index (χ4v) is 4.60. The average molecular weight is 274 g/mol. The normalized spacial score (nSPS) is 29.3. The summed E-state index contributed by atoms with van der Waals surface area (Å²) in [6.45, 7) is 2.29. The molecule has 0 saturated heterocycles. The number of para-hydroxylation sites is 1. The highest BCUT2D eigenvalue weighted by molar-refractivity contribution is 5.71. The Labute approximate surface area is 125 Å². The summed E-state index contributed by atoms with van der Waals surface area (Å²) in [5, 5.41) is 9.89. The zero-order chi connectivity index (χ0) is 14.6. The molecule has 1 aliphatic heterocycles. The molecule has 1 aliphatic carbocycles. The topological polar surface area (TPSA) is 27.0 Å². The van der Waals surface area contributed by atoms with E-state index in [2.05, 4.69) is 73.5 Å². The molecule has 0 N–H and O–H groups in total. The van der Waals surface area contributed by atoms with Gasteiger partial charge in [0.2, 0.25) is 0 Å². The van der Waals surface area contributed by atoms with E-state index in [0.29, 0.717) is 5.92 Å². The molecule has 2 aliphatic rings. The molecule has 0 amide bonds. The van der Waals surface area contributed by atoms with Crippen molar-refractivity contribution in [3.05, 3.63) is 65.2 Å². The maximum absolute atomic E-state index is 9.89. The quantitative estimate of drug-likeness (QED) is 0.735. The third-order valence-corrected chi connectivity index (χ3v) is 5.44. The lowest BCUT2D eigenvalue weighted by Crippen LogP contribution is -2.45. The number of fused-ring (bicyclic) bond motifs is 4. The largest absolute Gasteiger partial charge is 0.358 e. The van der Waals surface area contributed by atoms with Crippen molar-refractivity contribution < 1.29 is 0 Å². The molecule has 2 aromatic rings. The molecular formula is C19H18N2. The molecule has 1 spiro atoms. The van der Waals surface area contributed by atoms with E-state index in [4.69, 9.17) is 0 Å². The van der Waals surface area contributed by atoms with Gasteiger partial charge in [0.25, 0.3) is 0 Å². The molecule has 21 heavy (non-hydrogen) atoms. The maximum atomic E-state index is 9.89. The first-order valence-corrected chi connectivity index (χ1v) is 7.51. The summed E-state index contributed by atoms with van der Waals surface area (Å²) in [6.07, 6.45) is 1.05. The van der Waals surface area contributed by atoms with Crippen LogP contribution in [0.5, 0.6) is 0 Å². The Balaban J connectivity index is 2.09. The van der Waals surface area contributed by atoms with Crippen molar-refractivity contribution in [1.29, 1.82) is 5.26 Å². The van der Waals surface area contributed by atoms with E-state index in [1.54, 1.807) is 0 Å². The Morgan fingerprint density at radius 1 is 1.10 bits per heavy atom. The van der Waals surface area contributed by atoms with Crippen LogP contribution in [0.4, 0.5) is 5.69 Å². The summed E-state index contributed by atoms with van der Waals surface area (Å²) < 4.78 is 0. The molecule has 0 fully saturated rings. The molecule has 0 unspecified atom stereocenters. The predicted molar refractivity (Wildman–Crippen MR) is 84.3 cm³/mol. The van der Waals surface area contributed by atoms with Crippen LogP contribution in [0.1, 0.15) is 23.6 Å². The van der Waals surface area contributed by atoms with Gasteiger partial charge in [-0.2, -0.15) is 5.26 Å². The van der Waals surface area contributed by atoms with Gasteiger partial charge in [0.05, 0.1) is 11.5 Å². The highest BCUT2D eigenvalue weighted by Crippen LogP contribution is 2.57. The number of anilines is 1. The second kappa shape index (κ2) is 4.11. The van der Waals surface area contributed by atoms with Gasteiger partial charge in [0.15, 0.2) is 0 Å². The zero-order valence-corrected chi connectivity index (χ0v) is 12.4. The average Bonchev–Trinajstić information content (AvgIpc) is 2.95. The van der Waals surface area contributed by atoms with Crippen molar-refractivity contribution in [3.8, 4) is 6.07 Å². The number of hydrogen-bond acceptors (Lipinski definition) is 2. The van der Waals surface area contributed by atoms with Gasteiger partial charge in [-0.25, -0.2) is 0 Å². The summed E-state index contributed by atoms with van der Waals surface area (Å²) >= 11 is 0. The first-order valence-electron chi connectivity index (χ1n) is 7.51. The van der Waals surface area contributed by atoms with Gasteiger partial charge in [-0.15, -0.1) is 0 Å². The molecular weight excluding hydrogens is 256 g/mol. The monoisotopic (exact) mass is 274 g/mol. The first-order chi connectivity index (χ1) is 10.2. The molecule has 0 saturated carbocycles. The molecule has 0 bridgehead atoms. The number of likely N-dealkylation sites (N-methyl/N-ethyl adjacent to an activating group) is 1. The van der Waals surface area contributed by atoms with E-state index in [1.807, 2.05) is 0 Å². The van der Waals surface area contributed by atoms with Gasteiger partial charge >= 0.3 is 0 Å². The van der Waals surface area contributed by atoms with Gasteiger partial charge in [-0.1, -0.05) is 49.4 Å². The van der Waals surface area contributed by atoms with Crippen molar-refractivity contribution in [1.82, 2.24) is 0 Å². The molecule has 2 nitrogen and oxygen atoms in total. The molecule has 2 heteroatoms. The highest BCUT2D eigenvalue weighted by Gasteiger charge is 2.57. The Kier molecular flexibility index (Phi) is 2.44. The third kappa shape index (κ3) is 1.32. The standard InChI is InChI=1S/C19H18N2/c1-13-11-14-7-3-4-8-15(14)19(13)16-9-5-6-10-17(16)21(2)18(19)12-20/h3-10,13,18H,11H2,1-2H3/t13-,18+,19+/m1/s1. The minimum atomic E-state index is -0.184. The van der Waals surface area contributed by atoms with Gasteiger partial charge in [0.1, 0.15) is 6.04 Å². The van der Waals surface area contributed by atoms with Crippen LogP contribution >= 0.6 is 0 Å². The van der Waals surface area contributed by atoms with Gasteiger partial charge in [0, 0.05) is 12.7 Å². The molecule has 0 aromatic heterocycles. The predicted octanol–water partition coefficient (Wildman–Crippen LogP) is 3.51. The van der Waals surface area contributed by atoms with Crippen LogP contribution in [0, 0.1) is 17.2 Å². The summed E-state index contributed by atoms with van der Waals surface area (Å²) in [4.78, 5) is 2.16. The Hall–Kier alpha value is -2.27. The second-order valence-electron chi connectivity index (χ2n) is 6.29. The summed E-state index contributed by atoms with van der Waals surface area (Å²) in [5.41, 5.74) is 5.08. The number of rotatable bonds is 0. The maximum Gasteiger partial charge on any atom is 0.130 e. The van der Waals surface area contributed by atoms with Crippen molar-refractivity contribution >= 4 is 5.69 Å². The highest BCUT2D eigenvalue weighted by atomic mass is 15.2. The van der Waals surface area contributed by atoms with Crippen LogP contribution < -0.4 is 4.90 Å². The van der Waals surface area contributed by atoms with E-state index < -0.39 is 0 Å². The summed E-state index contributed by atoms with van der Waals surface area (Å²) in [6, 6.07) is 19.6. The lowest BCUT2D eigenvalue weighted by atomic mass is 9.67. The third-order valence-electron chi connectivity index (χ3n) is 5.44. The summed E-state index contributed by atoms with van der Waals surface area (Å²) in [5.74, 6) is 0.436. The van der Waals surface area contributed by atoms with Crippen LogP contribution in [-0.4, -0.2) is 13.1 Å². The van der Waals surface area contributed by atoms with Crippen LogP contribution in [0.3, 0.4) is 0 Å². The molecule has 104 valence electrons. The van der Waals surface area contributed by atoms with Gasteiger partial charge in [-0.05, 0) is 35.1 Å². The SMILES string of the molecule is C[C@@H]1Cc2ccccc2[C@]12c1ccccc1N(C)[C@H]2C#N. The van der Waals surface area contributed by atoms with Gasteiger partial charge < -0.3 is 4.90 Å². The molecule has 2 aromatic carbocycles. The zero-order valence-electron chi connectivity index (χ0n) is 12.4. The van der Waals surface area contributed by atoms with Crippen LogP contribution in [0.15, 0.2) is 48.5 Å². The second-order valence-corrected chi connectivity index (χ2v) is 6.29. The fourth-order valence-electron chi connectivity index (χ4n) is 4.60.